The van der Waals surface area contributed by atoms with Crippen molar-refractivity contribution in [3.8, 4) is 0 Å². The van der Waals surface area contributed by atoms with Gasteiger partial charge in [-0.2, -0.15) is 0 Å². The second-order valence-corrected chi connectivity index (χ2v) is 6.45. The Morgan fingerprint density at radius 3 is 2.82 bits per heavy atom. The molecule has 12 heteroatoms. The monoisotopic (exact) mass is 393 g/mol. The highest BCUT2D eigenvalue weighted by molar-refractivity contribution is 5.95. The van der Waals surface area contributed by atoms with Gasteiger partial charge in [-0.25, -0.2) is 19.8 Å². The highest BCUT2D eigenvalue weighted by Gasteiger charge is 2.36. The average Bonchev–Trinajstić information content (AvgIpc) is 3.30. The number of hydrogen-bond acceptors (Lipinski definition) is 7. The van der Waals surface area contributed by atoms with Crippen LogP contribution in [0.2, 0.25) is 0 Å². The summed E-state index contributed by atoms with van der Waals surface area (Å²) in [6, 6.07) is 5.71. The van der Waals surface area contributed by atoms with Crippen molar-refractivity contribution in [3.05, 3.63) is 50.1 Å². The molecule has 1 aromatic rings. The smallest absolute Gasteiger partial charge is 0.417 e. The molecule has 2 aliphatic heterocycles. The van der Waals surface area contributed by atoms with E-state index in [9.17, 15) is 25.0 Å². The molecular formula is C16H19N5O7. The Morgan fingerprint density at radius 2 is 2.14 bits per heavy atom. The van der Waals surface area contributed by atoms with Gasteiger partial charge >= 0.3 is 6.09 Å². The van der Waals surface area contributed by atoms with E-state index < -0.39 is 16.0 Å². The van der Waals surface area contributed by atoms with Gasteiger partial charge in [-0.3, -0.25) is 10.1 Å². The van der Waals surface area contributed by atoms with Gasteiger partial charge in [-0.05, 0) is 12.0 Å². The first-order valence-corrected chi connectivity index (χ1v) is 8.67. The third-order valence-electron chi connectivity index (χ3n) is 4.50. The minimum absolute atomic E-state index is 0.0686. The Balaban J connectivity index is 1.65. The molecule has 2 fully saturated rings. The van der Waals surface area contributed by atoms with Gasteiger partial charge in [0.2, 0.25) is 0 Å². The SMILES string of the molecule is O=C(OCc1cccc([N+](=O)[O-])c1)N1CCN(CC2CCOC2)C1=N[N+](=O)[O-]. The topological polar surface area (TPSA) is 141 Å². The van der Waals surface area contributed by atoms with Gasteiger partial charge in [0.05, 0.1) is 18.1 Å². The van der Waals surface area contributed by atoms with Crippen molar-refractivity contribution in [2.24, 2.45) is 11.0 Å². The summed E-state index contributed by atoms with van der Waals surface area (Å²) in [5.41, 5.74) is 0.324. The number of nitrogens with zero attached hydrogens (tertiary/aromatic N) is 5. The van der Waals surface area contributed by atoms with Crippen molar-refractivity contribution >= 4 is 17.7 Å². The Labute approximate surface area is 159 Å². The predicted octanol–water partition coefficient (Wildman–Crippen LogP) is 1.43. The van der Waals surface area contributed by atoms with Crippen LogP contribution in [0.25, 0.3) is 0 Å². The van der Waals surface area contributed by atoms with E-state index in [4.69, 9.17) is 9.47 Å². The maximum atomic E-state index is 12.4. The minimum Gasteiger partial charge on any atom is -0.444 e. The lowest BCUT2D eigenvalue weighted by Crippen LogP contribution is -2.40. The predicted molar refractivity (Wildman–Crippen MR) is 94.9 cm³/mol. The van der Waals surface area contributed by atoms with Gasteiger partial charge in [0, 0.05) is 37.7 Å². The quantitative estimate of drug-likeness (QED) is 0.522. The molecule has 0 N–H and O–H groups in total. The molecule has 0 spiro atoms. The van der Waals surface area contributed by atoms with E-state index in [-0.39, 0.29) is 30.7 Å². The van der Waals surface area contributed by atoms with Crippen LogP contribution in [0, 0.1) is 26.1 Å². The van der Waals surface area contributed by atoms with Crippen LogP contribution >= 0.6 is 0 Å². The molecule has 2 aliphatic rings. The van der Waals surface area contributed by atoms with Crippen molar-refractivity contribution in [2.75, 3.05) is 32.8 Å². The average molecular weight is 393 g/mol. The van der Waals surface area contributed by atoms with Crippen molar-refractivity contribution in [2.45, 2.75) is 13.0 Å². The standard InChI is InChI=1S/C16H19N5O7/c22-16(28-11-12-2-1-3-14(8-12)20(23)24)19-6-5-18(15(19)17-21(25)26)9-13-4-7-27-10-13/h1-3,8,13H,4-7,9-11H2. The van der Waals surface area contributed by atoms with Crippen LogP contribution in [0.15, 0.2) is 29.4 Å². The van der Waals surface area contributed by atoms with E-state index >= 15 is 0 Å². The fourth-order valence-electron chi connectivity index (χ4n) is 3.15. The number of rotatable bonds is 6. The van der Waals surface area contributed by atoms with Gasteiger partial charge < -0.3 is 14.4 Å². The minimum atomic E-state index is -0.848. The number of amides is 1. The Bertz CT molecular complexity index is 793. The summed E-state index contributed by atoms with van der Waals surface area (Å²) < 4.78 is 10.5. The van der Waals surface area contributed by atoms with E-state index in [1.165, 1.54) is 18.2 Å². The lowest BCUT2D eigenvalue weighted by atomic mass is 10.1. The zero-order chi connectivity index (χ0) is 20.1. The van der Waals surface area contributed by atoms with Crippen LogP contribution in [0.4, 0.5) is 10.5 Å². The summed E-state index contributed by atoms with van der Waals surface area (Å²) in [6.07, 6.45) is 0.0525. The molecule has 2 heterocycles. The van der Waals surface area contributed by atoms with Crippen LogP contribution < -0.4 is 0 Å². The van der Waals surface area contributed by atoms with E-state index in [0.29, 0.717) is 31.9 Å². The Kier molecular flexibility index (Phi) is 5.99. The number of guanidine groups is 1. The number of carbonyl (C=O) groups excluding carboxylic acids is 1. The molecule has 0 bridgehead atoms. The molecular weight excluding hydrogens is 374 g/mol. The Morgan fingerprint density at radius 1 is 1.32 bits per heavy atom. The summed E-state index contributed by atoms with van der Waals surface area (Å²) in [7, 11) is 0. The second-order valence-electron chi connectivity index (χ2n) is 6.45. The van der Waals surface area contributed by atoms with Crippen LogP contribution in [0.5, 0.6) is 0 Å². The molecule has 0 aliphatic carbocycles. The van der Waals surface area contributed by atoms with Crippen LogP contribution in [0.3, 0.4) is 0 Å². The zero-order valence-electron chi connectivity index (χ0n) is 14.9. The van der Waals surface area contributed by atoms with E-state index in [1.54, 1.807) is 11.0 Å². The van der Waals surface area contributed by atoms with Crippen molar-refractivity contribution in [3.63, 3.8) is 0 Å². The van der Waals surface area contributed by atoms with Crippen LogP contribution in [0.1, 0.15) is 12.0 Å². The molecule has 0 radical (unpaired) electrons. The molecule has 28 heavy (non-hydrogen) atoms. The number of carbonyl (C=O) groups is 1. The third-order valence-corrected chi connectivity index (χ3v) is 4.50. The molecule has 1 aromatic carbocycles. The van der Waals surface area contributed by atoms with Crippen molar-refractivity contribution in [1.82, 2.24) is 9.80 Å². The summed E-state index contributed by atoms with van der Waals surface area (Å²) in [4.78, 5) is 36.4. The highest BCUT2D eigenvalue weighted by atomic mass is 16.7. The molecule has 3 rings (SSSR count). The first-order valence-electron chi connectivity index (χ1n) is 8.67. The van der Waals surface area contributed by atoms with Gasteiger partial charge in [0.1, 0.15) is 11.7 Å². The summed E-state index contributed by atoms with van der Waals surface area (Å²) in [6.45, 7) is 2.12. The highest BCUT2D eigenvalue weighted by Crippen LogP contribution is 2.19. The number of hydrogen-bond donors (Lipinski definition) is 0. The number of benzene rings is 1. The molecule has 0 saturated carbocycles. The van der Waals surface area contributed by atoms with Crippen LogP contribution in [-0.2, 0) is 16.1 Å². The lowest BCUT2D eigenvalue weighted by Gasteiger charge is -2.21. The molecule has 150 valence electrons. The molecule has 1 atom stereocenters. The van der Waals surface area contributed by atoms with Gasteiger partial charge in [0.25, 0.3) is 11.6 Å². The normalized spacial score (nSPS) is 20.6. The summed E-state index contributed by atoms with van der Waals surface area (Å²) in [5, 5.41) is 24.2. The number of nitro groups is 2. The van der Waals surface area contributed by atoms with Gasteiger partial charge in [-0.15, -0.1) is 0 Å². The molecule has 1 amide bonds. The fraction of sp³-hybridized carbons (Fsp3) is 0.500. The number of nitro benzene ring substituents is 1. The maximum absolute atomic E-state index is 12.4. The number of hydrazone groups is 1. The first-order chi connectivity index (χ1) is 13.4. The van der Waals surface area contributed by atoms with Crippen LogP contribution in [-0.4, -0.2) is 64.7 Å². The van der Waals surface area contributed by atoms with Crippen molar-refractivity contribution < 1.29 is 24.2 Å². The van der Waals surface area contributed by atoms with Crippen molar-refractivity contribution in [1.29, 1.82) is 0 Å². The number of ether oxygens (including phenoxy) is 2. The summed E-state index contributed by atoms with van der Waals surface area (Å²) >= 11 is 0. The zero-order valence-corrected chi connectivity index (χ0v) is 14.9. The molecule has 12 nitrogen and oxygen atoms in total. The van der Waals surface area contributed by atoms with Gasteiger partial charge in [-0.1, -0.05) is 12.1 Å². The number of non-ortho nitro benzene ring substituents is 1. The second kappa shape index (κ2) is 8.61. The summed E-state index contributed by atoms with van der Waals surface area (Å²) in [5.74, 6) is 0.152. The fourth-order valence-corrected chi connectivity index (χ4v) is 3.15. The van der Waals surface area contributed by atoms with E-state index in [0.717, 1.165) is 11.3 Å². The van der Waals surface area contributed by atoms with E-state index in [1.807, 2.05) is 0 Å². The van der Waals surface area contributed by atoms with Gasteiger partial charge in [0.15, 0.2) is 5.03 Å². The maximum Gasteiger partial charge on any atom is 0.417 e. The largest absolute Gasteiger partial charge is 0.444 e. The molecule has 2 saturated heterocycles. The Hall–Kier alpha value is -3.28. The van der Waals surface area contributed by atoms with E-state index in [2.05, 4.69) is 5.10 Å². The molecule has 1 unspecified atom stereocenters. The molecule has 0 aromatic heterocycles. The first kappa shape index (κ1) is 19.5. The lowest BCUT2D eigenvalue weighted by molar-refractivity contribution is -0.486. The third kappa shape index (κ3) is 4.71.